The number of amides is 3. The molecule has 1 fully saturated rings. The number of aromatic nitrogens is 3. The molecule has 3 heterocycles. The predicted molar refractivity (Wildman–Crippen MR) is 159 cm³/mol. The van der Waals surface area contributed by atoms with Gasteiger partial charge >= 0.3 is 6.03 Å². The minimum Gasteiger partial charge on any atom is -0.495 e. The maximum Gasteiger partial charge on any atom is 0.317 e. The van der Waals surface area contributed by atoms with Crippen LogP contribution in [0.4, 0.5) is 26.5 Å². The van der Waals surface area contributed by atoms with E-state index in [0.717, 1.165) is 11.3 Å². The largest absolute Gasteiger partial charge is 0.495 e. The Balaban J connectivity index is 1.20. The van der Waals surface area contributed by atoms with Crippen molar-refractivity contribution in [3.05, 3.63) is 77.7 Å². The maximum absolute atomic E-state index is 13.1. The van der Waals surface area contributed by atoms with Crippen molar-refractivity contribution in [1.29, 1.82) is 0 Å². The first-order valence-electron chi connectivity index (χ1n) is 14.0. The first kappa shape index (κ1) is 28.7. The number of fused-ring (bicyclic) bond motifs is 1. The lowest BCUT2D eigenvalue weighted by molar-refractivity contribution is 0.0772. The van der Waals surface area contributed by atoms with Gasteiger partial charge in [0.15, 0.2) is 5.65 Å². The second-order valence-corrected chi connectivity index (χ2v) is 9.90. The Morgan fingerprint density at radius 2 is 1.74 bits per heavy atom. The van der Waals surface area contributed by atoms with Crippen LogP contribution in [-0.2, 0) is 6.54 Å². The number of ether oxygens (including phenoxy) is 1. The van der Waals surface area contributed by atoms with Crippen molar-refractivity contribution >= 4 is 34.9 Å². The predicted octanol–water partition coefficient (Wildman–Crippen LogP) is 4.13. The number of hydrogen-bond donors (Lipinski definition) is 2. The number of nitrogens with zero attached hydrogens (tertiary/aromatic N) is 6. The molecule has 0 atom stereocenters. The number of anilines is 3. The summed E-state index contributed by atoms with van der Waals surface area (Å²) < 4.78 is 20.4. The molecule has 1 aliphatic heterocycles. The van der Waals surface area contributed by atoms with Crippen molar-refractivity contribution in [3.63, 3.8) is 0 Å². The van der Waals surface area contributed by atoms with Gasteiger partial charge in [-0.25, -0.2) is 13.7 Å². The third-order valence-electron chi connectivity index (χ3n) is 7.35. The Kier molecular flexibility index (Phi) is 8.70. The normalized spacial score (nSPS) is 13.2. The zero-order valence-electron chi connectivity index (χ0n) is 24.0. The van der Waals surface area contributed by atoms with E-state index in [1.807, 2.05) is 32.2 Å². The van der Waals surface area contributed by atoms with Gasteiger partial charge in [0.2, 0.25) is 5.95 Å². The van der Waals surface area contributed by atoms with Gasteiger partial charge in [-0.2, -0.15) is 4.98 Å². The minimum atomic E-state index is -0.298. The van der Waals surface area contributed by atoms with Crippen LogP contribution in [-0.4, -0.2) is 82.7 Å². The van der Waals surface area contributed by atoms with Gasteiger partial charge in [-0.1, -0.05) is 12.1 Å². The van der Waals surface area contributed by atoms with Crippen LogP contribution in [0.2, 0.25) is 0 Å². The summed E-state index contributed by atoms with van der Waals surface area (Å²) in [7, 11) is 1.56. The summed E-state index contributed by atoms with van der Waals surface area (Å²) in [6.07, 6.45) is 1.92. The molecule has 5 rings (SSSR count). The Morgan fingerprint density at radius 3 is 2.43 bits per heavy atom. The van der Waals surface area contributed by atoms with Gasteiger partial charge < -0.3 is 30.1 Å². The minimum absolute atomic E-state index is 0.0466. The van der Waals surface area contributed by atoms with Gasteiger partial charge in [0, 0.05) is 51.4 Å². The van der Waals surface area contributed by atoms with Gasteiger partial charge in [0.25, 0.3) is 5.91 Å². The molecule has 0 bridgehead atoms. The molecule has 0 aliphatic carbocycles. The summed E-state index contributed by atoms with van der Waals surface area (Å²) in [4.78, 5) is 35.7. The number of carbonyl (C=O) groups excluding carboxylic acids is 2. The summed E-state index contributed by atoms with van der Waals surface area (Å²) in [6.45, 7) is 8.01. The van der Waals surface area contributed by atoms with Crippen LogP contribution in [0.15, 0.2) is 60.8 Å². The van der Waals surface area contributed by atoms with Crippen LogP contribution in [0.25, 0.3) is 5.65 Å². The Morgan fingerprint density at radius 1 is 1.00 bits per heavy atom. The highest BCUT2D eigenvalue weighted by atomic mass is 19.1. The van der Waals surface area contributed by atoms with Crippen LogP contribution < -0.4 is 20.3 Å². The molecule has 0 saturated carbocycles. The van der Waals surface area contributed by atoms with Crippen LogP contribution in [0, 0.1) is 5.82 Å². The zero-order chi connectivity index (χ0) is 29.6. The van der Waals surface area contributed by atoms with Crippen LogP contribution >= 0.6 is 0 Å². The van der Waals surface area contributed by atoms with Crippen molar-refractivity contribution in [2.45, 2.75) is 20.4 Å². The van der Waals surface area contributed by atoms with E-state index in [-0.39, 0.29) is 17.8 Å². The molecule has 0 unspecified atom stereocenters. The Labute approximate surface area is 243 Å². The van der Waals surface area contributed by atoms with E-state index in [0.29, 0.717) is 74.4 Å². The number of rotatable bonds is 9. The number of pyridine rings is 1. The molecule has 3 amide bonds. The number of hydrogen-bond acceptors (Lipinski definition) is 7. The summed E-state index contributed by atoms with van der Waals surface area (Å²) in [6, 6.07) is 15.1. The monoisotopic (exact) mass is 574 g/mol. The number of piperazine rings is 1. The lowest BCUT2D eigenvalue weighted by Crippen LogP contribution is -2.51. The second-order valence-electron chi connectivity index (χ2n) is 9.90. The molecular formula is C30H35FN8O3. The third kappa shape index (κ3) is 6.37. The van der Waals surface area contributed by atoms with Crippen molar-refractivity contribution in [3.8, 4) is 5.75 Å². The Bertz CT molecular complexity index is 1550. The van der Waals surface area contributed by atoms with E-state index in [2.05, 4.69) is 25.6 Å². The average Bonchev–Trinajstić information content (AvgIpc) is 3.43. The van der Waals surface area contributed by atoms with Gasteiger partial charge in [-0.15, -0.1) is 5.10 Å². The highest BCUT2D eigenvalue weighted by molar-refractivity contribution is 5.95. The van der Waals surface area contributed by atoms with Crippen molar-refractivity contribution in [2.75, 3.05) is 56.6 Å². The average molecular weight is 575 g/mol. The molecule has 42 heavy (non-hydrogen) atoms. The first-order chi connectivity index (χ1) is 20.4. The number of methoxy groups -OCH3 is 1. The molecule has 0 radical (unpaired) electrons. The molecule has 1 aliphatic rings. The van der Waals surface area contributed by atoms with E-state index in [1.165, 1.54) is 12.1 Å². The van der Waals surface area contributed by atoms with Gasteiger partial charge in [0.1, 0.15) is 11.6 Å². The van der Waals surface area contributed by atoms with E-state index < -0.39 is 0 Å². The lowest BCUT2D eigenvalue weighted by Gasteiger charge is -2.36. The van der Waals surface area contributed by atoms with Gasteiger partial charge in [-0.3, -0.25) is 4.79 Å². The van der Waals surface area contributed by atoms with E-state index >= 15 is 0 Å². The van der Waals surface area contributed by atoms with E-state index in [4.69, 9.17) is 4.74 Å². The molecule has 2 aromatic carbocycles. The molecule has 2 aromatic heterocycles. The fourth-order valence-electron chi connectivity index (χ4n) is 4.91. The zero-order valence-corrected chi connectivity index (χ0v) is 24.0. The lowest BCUT2D eigenvalue weighted by atomic mass is 10.1. The number of carbonyl (C=O) groups is 2. The fourth-order valence-corrected chi connectivity index (χ4v) is 4.91. The smallest absolute Gasteiger partial charge is 0.317 e. The molecule has 4 aromatic rings. The molecule has 11 nitrogen and oxygen atoms in total. The van der Waals surface area contributed by atoms with Crippen LogP contribution in [0.1, 0.15) is 29.8 Å². The summed E-state index contributed by atoms with van der Waals surface area (Å²) in [5, 5.41) is 10.7. The van der Waals surface area contributed by atoms with Crippen LogP contribution in [0.3, 0.4) is 0 Å². The molecule has 220 valence electrons. The first-order valence-corrected chi connectivity index (χ1v) is 14.0. The third-order valence-corrected chi connectivity index (χ3v) is 7.35. The number of nitrogens with one attached hydrogen (secondary N) is 2. The molecule has 0 spiro atoms. The van der Waals surface area contributed by atoms with Crippen LogP contribution in [0.5, 0.6) is 5.75 Å². The number of halogens is 1. The van der Waals surface area contributed by atoms with Crippen molar-refractivity contribution < 1.29 is 18.7 Å². The van der Waals surface area contributed by atoms with E-state index in [9.17, 15) is 14.0 Å². The molecule has 1 saturated heterocycles. The summed E-state index contributed by atoms with van der Waals surface area (Å²) >= 11 is 0. The summed E-state index contributed by atoms with van der Waals surface area (Å²) in [5.41, 5.74) is 3.70. The molecule has 12 heteroatoms. The fraction of sp³-hybridized carbons (Fsp3) is 0.333. The van der Waals surface area contributed by atoms with E-state index in [1.54, 1.807) is 51.8 Å². The number of benzene rings is 2. The quantitative estimate of drug-likeness (QED) is 0.310. The van der Waals surface area contributed by atoms with Crippen molar-refractivity contribution in [1.82, 2.24) is 29.7 Å². The maximum atomic E-state index is 13.1. The molecular weight excluding hydrogens is 539 g/mol. The van der Waals surface area contributed by atoms with Gasteiger partial charge in [-0.05, 0) is 61.9 Å². The summed E-state index contributed by atoms with van der Waals surface area (Å²) in [5.74, 6) is 0.575. The number of urea groups is 1. The highest BCUT2D eigenvalue weighted by Crippen LogP contribution is 2.29. The van der Waals surface area contributed by atoms with Crippen molar-refractivity contribution in [2.24, 2.45) is 0 Å². The SMILES string of the molecule is CCN(CC)C(=O)c1ccc(Nc2nc3ccc(N4CCN(C(=O)NCc5ccc(F)cc5)CC4)cn3n2)c(OC)c1. The standard InChI is InChI=1S/C30H35FN8O3/c1-4-36(5-2)28(40)22-8-12-25(26(18-22)42-3)33-29-34-27-13-11-24(20-39(27)35-29)37-14-16-38(17-15-37)30(41)32-19-21-6-9-23(31)10-7-21/h6-13,18,20H,4-5,14-17,19H2,1-3H3,(H,32,41)(H,33,35). The second kappa shape index (κ2) is 12.8. The molecule has 2 N–H and O–H groups in total. The Hall–Kier alpha value is -4.87. The highest BCUT2D eigenvalue weighted by Gasteiger charge is 2.22. The topological polar surface area (TPSA) is 107 Å². The van der Waals surface area contributed by atoms with Gasteiger partial charge in [0.05, 0.1) is 24.7 Å².